The monoisotopic (exact) mass is 254 g/mol. The highest BCUT2D eigenvalue weighted by molar-refractivity contribution is 5.86. The minimum Gasteiger partial charge on any atom is -0.476 e. The first-order valence-corrected chi connectivity index (χ1v) is 5.60. The van der Waals surface area contributed by atoms with Gasteiger partial charge in [0.15, 0.2) is 5.69 Å². The highest BCUT2D eigenvalue weighted by Gasteiger charge is 2.25. The predicted octanol–water partition coefficient (Wildman–Crippen LogP) is 0.760. The summed E-state index contributed by atoms with van der Waals surface area (Å²) in [6.07, 6.45) is 0. The molecule has 100 valence electrons. The maximum atomic E-state index is 11.9. The number of rotatable bonds is 3. The number of carboxylic acids is 1. The highest BCUT2D eigenvalue weighted by atomic mass is 16.4. The van der Waals surface area contributed by atoms with Crippen molar-refractivity contribution in [1.29, 1.82) is 0 Å². The van der Waals surface area contributed by atoms with Crippen molar-refractivity contribution in [2.75, 3.05) is 0 Å². The summed E-state index contributed by atoms with van der Waals surface area (Å²) in [5.41, 5.74) is -0.125. The summed E-state index contributed by atoms with van der Waals surface area (Å²) in [5.74, 6) is -1.38. The van der Waals surface area contributed by atoms with Gasteiger partial charge in [0.1, 0.15) is 6.04 Å². The van der Waals surface area contributed by atoms with E-state index in [0.717, 1.165) is 0 Å². The molecule has 1 aromatic heterocycles. The Morgan fingerprint density at radius 1 is 1.39 bits per heavy atom. The molecule has 1 rings (SSSR count). The van der Waals surface area contributed by atoms with Crippen molar-refractivity contribution >= 4 is 11.9 Å². The molecule has 0 saturated carbocycles. The van der Waals surface area contributed by atoms with Crippen LogP contribution in [0.15, 0.2) is 0 Å². The molecule has 0 spiro atoms. The highest BCUT2D eigenvalue weighted by Crippen LogP contribution is 2.12. The van der Waals surface area contributed by atoms with Crippen molar-refractivity contribution in [2.24, 2.45) is 0 Å². The average molecular weight is 254 g/mol. The smallest absolute Gasteiger partial charge is 0.358 e. The minimum absolute atomic E-state index is 0.134. The fraction of sp³-hybridized carbons (Fsp3) is 0.636. The SMILES string of the molecule is Cc1c(C(=O)O)nnn1C(C)C(=O)NC(C)(C)C. The Kier molecular flexibility index (Phi) is 3.73. The summed E-state index contributed by atoms with van der Waals surface area (Å²) < 4.78 is 1.31. The standard InChI is InChI=1S/C11H18N4O3/c1-6-8(10(17)18)13-14-15(6)7(2)9(16)12-11(3,4)5/h7H,1-5H3,(H,12,16)(H,17,18). The van der Waals surface area contributed by atoms with Gasteiger partial charge in [-0.1, -0.05) is 5.21 Å². The molecule has 0 aliphatic heterocycles. The first-order chi connectivity index (χ1) is 8.13. The first kappa shape index (κ1) is 14.1. The van der Waals surface area contributed by atoms with Crippen molar-refractivity contribution < 1.29 is 14.7 Å². The van der Waals surface area contributed by atoms with Gasteiger partial charge >= 0.3 is 5.97 Å². The van der Waals surface area contributed by atoms with Crippen LogP contribution in [0.1, 0.15) is 49.9 Å². The molecule has 0 radical (unpaired) electrons. The number of aromatic nitrogens is 3. The number of carbonyl (C=O) groups excluding carboxylic acids is 1. The lowest BCUT2D eigenvalue weighted by molar-refractivity contribution is -0.125. The van der Waals surface area contributed by atoms with Crippen molar-refractivity contribution in [3.8, 4) is 0 Å². The molecule has 0 aliphatic carbocycles. The van der Waals surface area contributed by atoms with Crippen molar-refractivity contribution in [3.63, 3.8) is 0 Å². The van der Waals surface area contributed by atoms with Crippen molar-refractivity contribution in [1.82, 2.24) is 20.3 Å². The predicted molar refractivity (Wildman–Crippen MR) is 64.3 cm³/mol. The lowest BCUT2D eigenvalue weighted by Gasteiger charge is -2.23. The molecule has 0 saturated heterocycles. The van der Waals surface area contributed by atoms with Crippen LogP contribution in [-0.4, -0.2) is 37.5 Å². The maximum absolute atomic E-state index is 11.9. The lowest BCUT2D eigenvalue weighted by Crippen LogP contribution is -2.44. The van der Waals surface area contributed by atoms with Gasteiger partial charge in [-0.3, -0.25) is 4.79 Å². The van der Waals surface area contributed by atoms with Gasteiger partial charge < -0.3 is 10.4 Å². The third-order valence-electron chi connectivity index (χ3n) is 2.37. The zero-order chi connectivity index (χ0) is 14.1. The number of aromatic carboxylic acids is 1. The molecule has 7 heteroatoms. The Hall–Kier alpha value is -1.92. The summed E-state index contributed by atoms with van der Waals surface area (Å²) in [6, 6.07) is -0.607. The van der Waals surface area contributed by atoms with Gasteiger partial charge in [0.05, 0.1) is 5.69 Å². The summed E-state index contributed by atoms with van der Waals surface area (Å²) in [4.78, 5) is 22.8. The van der Waals surface area contributed by atoms with Gasteiger partial charge in [-0.2, -0.15) is 0 Å². The van der Waals surface area contributed by atoms with E-state index in [1.165, 1.54) is 4.68 Å². The van der Waals surface area contributed by atoms with E-state index in [9.17, 15) is 9.59 Å². The average Bonchev–Trinajstić information content (AvgIpc) is 2.56. The van der Waals surface area contributed by atoms with E-state index in [4.69, 9.17) is 5.11 Å². The van der Waals surface area contributed by atoms with Crippen LogP contribution in [-0.2, 0) is 4.79 Å². The second kappa shape index (κ2) is 4.75. The molecule has 7 nitrogen and oxygen atoms in total. The Morgan fingerprint density at radius 3 is 2.33 bits per heavy atom. The third-order valence-corrected chi connectivity index (χ3v) is 2.37. The van der Waals surface area contributed by atoms with Gasteiger partial charge in [-0.15, -0.1) is 5.10 Å². The van der Waals surface area contributed by atoms with E-state index in [0.29, 0.717) is 5.69 Å². The van der Waals surface area contributed by atoms with Crippen LogP contribution >= 0.6 is 0 Å². The number of amides is 1. The topological polar surface area (TPSA) is 97.1 Å². The molecule has 2 N–H and O–H groups in total. The fourth-order valence-corrected chi connectivity index (χ4v) is 1.49. The molecule has 1 heterocycles. The molecule has 18 heavy (non-hydrogen) atoms. The second-order valence-corrected chi connectivity index (χ2v) is 5.19. The second-order valence-electron chi connectivity index (χ2n) is 5.19. The van der Waals surface area contributed by atoms with Crippen LogP contribution in [0, 0.1) is 6.92 Å². The fourth-order valence-electron chi connectivity index (χ4n) is 1.49. The Bertz CT molecular complexity index is 473. The van der Waals surface area contributed by atoms with Gasteiger partial charge in [0, 0.05) is 5.54 Å². The number of hydrogen-bond acceptors (Lipinski definition) is 4. The molecule has 0 bridgehead atoms. The van der Waals surface area contributed by atoms with E-state index in [-0.39, 0.29) is 17.1 Å². The molecule has 0 aromatic carbocycles. The molecular formula is C11H18N4O3. The van der Waals surface area contributed by atoms with Crippen LogP contribution in [0.4, 0.5) is 0 Å². The molecule has 1 unspecified atom stereocenters. The molecule has 0 aliphatic rings. The number of hydrogen-bond donors (Lipinski definition) is 2. The van der Waals surface area contributed by atoms with Gasteiger partial charge in [-0.05, 0) is 34.6 Å². The summed E-state index contributed by atoms with van der Waals surface area (Å²) >= 11 is 0. The number of nitrogens with one attached hydrogen (secondary N) is 1. The summed E-state index contributed by atoms with van der Waals surface area (Å²) in [5, 5.41) is 18.9. The minimum atomic E-state index is -1.15. The van der Waals surface area contributed by atoms with Gasteiger partial charge in [-0.25, -0.2) is 9.48 Å². The summed E-state index contributed by atoms with van der Waals surface area (Å²) in [6.45, 7) is 8.83. The van der Waals surface area contributed by atoms with Crippen LogP contribution < -0.4 is 5.32 Å². The van der Waals surface area contributed by atoms with Crippen molar-refractivity contribution in [3.05, 3.63) is 11.4 Å². The molecule has 1 amide bonds. The number of nitrogens with zero attached hydrogens (tertiary/aromatic N) is 3. The first-order valence-electron chi connectivity index (χ1n) is 5.60. The Labute approximate surface area is 105 Å². The summed E-state index contributed by atoms with van der Waals surface area (Å²) in [7, 11) is 0. The maximum Gasteiger partial charge on any atom is 0.358 e. The molecule has 1 aromatic rings. The van der Waals surface area contributed by atoms with E-state index >= 15 is 0 Å². The normalized spacial score (nSPS) is 13.2. The lowest BCUT2D eigenvalue weighted by atomic mass is 10.1. The molecular weight excluding hydrogens is 236 g/mol. The van der Waals surface area contributed by atoms with E-state index in [1.54, 1.807) is 13.8 Å². The molecule has 0 fully saturated rings. The quantitative estimate of drug-likeness (QED) is 0.830. The largest absolute Gasteiger partial charge is 0.476 e. The van der Waals surface area contributed by atoms with Crippen molar-refractivity contribution in [2.45, 2.75) is 46.2 Å². The van der Waals surface area contributed by atoms with E-state index < -0.39 is 12.0 Å². The number of carbonyl (C=O) groups is 2. The van der Waals surface area contributed by atoms with Crippen LogP contribution in [0.5, 0.6) is 0 Å². The van der Waals surface area contributed by atoms with E-state index in [2.05, 4.69) is 15.6 Å². The third kappa shape index (κ3) is 3.06. The van der Waals surface area contributed by atoms with Gasteiger partial charge in [0.25, 0.3) is 0 Å². The molecule has 1 atom stereocenters. The van der Waals surface area contributed by atoms with Crippen LogP contribution in [0.3, 0.4) is 0 Å². The van der Waals surface area contributed by atoms with Gasteiger partial charge in [0.2, 0.25) is 5.91 Å². The number of carboxylic acid groups (broad SMARTS) is 1. The zero-order valence-electron chi connectivity index (χ0n) is 11.2. The Balaban J connectivity index is 2.94. The zero-order valence-corrected chi connectivity index (χ0v) is 11.2. The van der Waals surface area contributed by atoms with E-state index in [1.807, 2.05) is 20.8 Å². The Morgan fingerprint density at radius 2 is 1.94 bits per heavy atom. The van der Waals surface area contributed by atoms with Crippen LogP contribution in [0.25, 0.3) is 0 Å². The van der Waals surface area contributed by atoms with Crippen LogP contribution in [0.2, 0.25) is 0 Å².